The molecule has 18 heavy (non-hydrogen) atoms. The molecule has 0 aliphatic carbocycles. The molecule has 1 aromatic heterocycles. The Hall–Kier alpha value is -1.58. The van der Waals surface area contributed by atoms with Crippen LogP contribution in [-0.2, 0) is 5.41 Å². The largest absolute Gasteiger partial charge is 0.494 e. The standard InChI is InChI=1S/C14H22N2O2/c1-8(2)9-7-10(18-6)11(13(15)17)16-12(9)14(3,4)5/h7-8H,1-6H3,(H2,15,17). The van der Waals surface area contributed by atoms with E-state index in [0.29, 0.717) is 11.7 Å². The van der Waals surface area contributed by atoms with Crippen LogP contribution in [0.2, 0.25) is 0 Å². The molecule has 100 valence electrons. The third kappa shape index (κ3) is 2.81. The maximum absolute atomic E-state index is 11.4. The van der Waals surface area contributed by atoms with Gasteiger partial charge in [-0.15, -0.1) is 0 Å². The number of amides is 1. The number of primary amides is 1. The summed E-state index contributed by atoms with van der Waals surface area (Å²) in [4.78, 5) is 15.9. The second kappa shape index (κ2) is 4.96. The molecule has 1 heterocycles. The Morgan fingerprint density at radius 3 is 2.28 bits per heavy atom. The summed E-state index contributed by atoms with van der Waals surface area (Å²) in [5.41, 5.74) is 7.39. The predicted octanol–water partition coefficient (Wildman–Crippen LogP) is 2.61. The summed E-state index contributed by atoms with van der Waals surface area (Å²) in [7, 11) is 1.52. The van der Waals surface area contributed by atoms with Crippen molar-refractivity contribution < 1.29 is 9.53 Å². The number of carbonyl (C=O) groups excluding carboxylic acids is 1. The van der Waals surface area contributed by atoms with E-state index in [1.165, 1.54) is 7.11 Å². The molecule has 1 rings (SSSR count). The highest BCUT2D eigenvalue weighted by Crippen LogP contribution is 2.32. The Morgan fingerprint density at radius 2 is 1.94 bits per heavy atom. The van der Waals surface area contributed by atoms with Gasteiger partial charge in [0.25, 0.3) is 5.91 Å². The predicted molar refractivity (Wildman–Crippen MR) is 72.1 cm³/mol. The monoisotopic (exact) mass is 250 g/mol. The molecule has 1 aromatic rings. The number of carbonyl (C=O) groups is 1. The number of pyridine rings is 1. The molecule has 1 amide bonds. The van der Waals surface area contributed by atoms with Gasteiger partial charge in [0.05, 0.1) is 12.8 Å². The first-order valence-electron chi connectivity index (χ1n) is 6.07. The highest BCUT2D eigenvalue weighted by atomic mass is 16.5. The third-order valence-electron chi connectivity index (χ3n) is 2.80. The third-order valence-corrected chi connectivity index (χ3v) is 2.80. The highest BCUT2D eigenvalue weighted by Gasteiger charge is 2.25. The van der Waals surface area contributed by atoms with Crippen LogP contribution in [0.3, 0.4) is 0 Å². The van der Waals surface area contributed by atoms with E-state index in [0.717, 1.165) is 11.3 Å². The van der Waals surface area contributed by atoms with Crippen LogP contribution in [0.5, 0.6) is 5.75 Å². The van der Waals surface area contributed by atoms with E-state index in [1.54, 1.807) is 0 Å². The molecule has 4 nitrogen and oxygen atoms in total. The number of methoxy groups -OCH3 is 1. The smallest absolute Gasteiger partial charge is 0.271 e. The molecule has 0 saturated heterocycles. The molecule has 0 spiro atoms. The summed E-state index contributed by atoms with van der Waals surface area (Å²) < 4.78 is 5.20. The van der Waals surface area contributed by atoms with Crippen molar-refractivity contribution in [1.82, 2.24) is 4.98 Å². The second-order valence-electron chi connectivity index (χ2n) is 5.75. The average molecular weight is 250 g/mol. The van der Waals surface area contributed by atoms with Crippen molar-refractivity contribution >= 4 is 5.91 Å². The SMILES string of the molecule is COc1cc(C(C)C)c(C(C)(C)C)nc1C(N)=O. The Bertz CT molecular complexity index is 460. The van der Waals surface area contributed by atoms with Crippen molar-refractivity contribution in [2.75, 3.05) is 7.11 Å². The van der Waals surface area contributed by atoms with Crippen molar-refractivity contribution in [2.45, 2.75) is 46.0 Å². The van der Waals surface area contributed by atoms with E-state index in [1.807, 2.05) is 6.07 Å². The summed E-state index contributed by atoms with van der Waals surface area (Å²) in [6.07, 6.45) is 0. The summed E-state index contributed by atoms with van der Waals surface area (Å²) in [6, 6.07) is 1.87. The molecular weight excluding hydrogens is 228 g/mol. The number of hydrogen-bond acceptors (Lipinski definition) is 3. The lowest BCUT2D eigenvalue weighted by atomic mass is 9.84. The van der Waals surface area contributed by atoms with Crippen molar-refractivity contribution in [3.8, 4) is 5.75 Å². The molecule has 0 aromatic carbocycles. The minimum Gasteiger partial charge on any atom is -0.494 e. The Balaban J connectivity index is 3.58. The molecule has 4 heteroatoms. The lowest BCUT2D eigenvalue weighted by Crippen LogP contribution is -2.22. The first-order valence-corrected chi connectivity index (χ1v) is 6.07. The quantitative estimate of drug-likeness (QED) is 0.896. The Morgan fingerprint density at radius 1 is 1.39 bits per heavy atom. The number of rotatable bonds is 3. The van der Waals surface area contributed by atoms with Crippen molar-refractivity contribution in [1.29, 1.82) is 0 Å². The summed E-state index contributed by atoms with van der Waals surface area (Å²) in [5.74, 6) is 0.189. The van der Waals surface area contributed by atoms with E-state index in [2.05, 4.69) is 39.6 Å². The van der Waals surface area contributed by atoms with Crippen LogP contribution in [0, 0.1) is 0 Å². The van der Waals surface area contributed by atoms with Gasteiger partial charge in [0.15, 0.2) is 11.4 Å². The van der Waals surface area contributed by atoms with Crippen molar-refractivity contribution in [3.05, 3.63) is 23.0 Å². The molecular formula is C14H22N2O2. The Labute approximate surface area is 109 Å². The molecule has 0 fully saturated rings. The minimum atomic E-state index is -0.562. The summed E-state index contributed by atoms with van der Waals surface area (Å²) in [5, 5.41) is 0. The molecule has 0 aliphatic heterocycles. The van der Waals surface area contributed by atoms with E-state index in [-0.39, 0.29) is 11.1 Å². The molecule has 0 atom stereocenters. The van der Waals surface area contributed by atoms with Gasteiger partial charge >= 0.3 is 0 Å². The molecule has 0 saturated carbocycles. The van der Waals surface area contributed by atoms with E-state index in [4.69, 9.17) is 10.5 Å². The number of aromatic nitrogens is 1. The zero-order valence-corrected chi connectivity index (χ0v) is 12.0. The van der Waals surface area contributed by atoms with Gasteiger partial charge in [-0.2, -0.15) is 0 Å². The fourth-order valence-corrected chi connectivity index (χ4v) is 1.88. The van der Waals surface area contributed by atoms with Gasteiger partial charge in [-0.25, -0.2) is 4.98 Å². The first kappa shape index (κ1) is 14.5. The molecule has 2 N–H and O–H groups in total. The van der Waals surface area contributed by atoms with Gasteiger partial charge in [-0.1, -0.05) is 34.6 Å². The maximum Gasteiger partial charge on any atom is 0.271 e. The van der Waals surface area contributed by atoms with Crippen molar-refractivity contribution in [2.24, 2.45) is 5.73 Å². The molecule has 0 bridgehead atoms. The summed E-state index contributed by atoms with van der Waals surface area (Å²) in [6.45, 7) is 10.4. The fourth-order valence-electron chi connectivity index (χ4n) is 1.88. The summed E-state index contributed by atoms with van der Waals surface area (Å²) >= 11 is 0. The average Bonchev–Trinajstić information content (AvgIpc) is 2.25. The lowest BCUT2D eigenvalue weighted by Gasteiger charge is -2.24. The van der Waals surface area contributed by atoms with Crippen LogP contribution in [0.1, 0.15) is 62.3 Å². The fraction of sp³-hybridized carbons (Fsp3) is 0.571. The van der Waals surface area contributed by atoms with Crippen LogP contribution in [-0.4, -0.2) is 18.0 Å². The normalized spacial score (nSPS) is 11.7. The van der Waals surface area contributed by atoms with Gasteiger partial charge in [0.1, 0.15) is 0 Å². The lowest BCUT2D eigenvalue weighted by molar-refractivity contribution is 0.0992. The van der Waals surface area contributed by atoms with Gasteiger partial charge in [-0.3, -0.25) is 4.79 Å². The van der Waals surface area contributed by atoms with Crippen molar-refractivity contribution in [3.63, 3.8) is 0 Å². The van der Waals surface area contributed by atoms with E-state index < -0.39 is 5.91 Å². The number of nitrogens with two attached hydrogens (primary N) is 1. The van der Waals surface area contributed by atoms with Gasteiger partial charge in [0, 0.05) is 5.41 Å². The Kier molecular flexibility index (Phi) is 3.99. The van der Waals surface area contributed by atoms with Crippen LogP contribution >= 0.6 is 0 Å². The van der Waals surface area contributed by atoms with Crippen LogP contribution in [0.25, 0.3) is 0 Å². The number of ether oxygens (including phenoxy) is 1. The maximum atomic E-state index is 11.4. The van der Waals surface area contributed by atoms with Crippen LogP contribution < -0.4 is 10.5 Å². The van der Waals surface area contributed by atoms with Gasteiger partial charge in [0.2, 0.25) is 0 Å². The molecule has 0 unspecified atom stereocenters. The van der Waals surface area contributed by atoms with Gasteiger partial charge < -0.3 is 10.5 Å². The van der Waals surface area contributed by atoms with E-state index in [9.17, 15) is 4.79 Å². The van der Waals surface area contributed by atoms with Crippen LogP contribution in [0.15, 0.2) is 6.07 Å². The zero-order chi connectivity index (χ0) is 14.1. The first-order chi connectivity index (χ1) is 8.18. The molecule has 0 aliphatic rings. The number of hydrogen-bond donors (Lipinski definition) is 1. The van der Waals surface area contributed by atoms with Crippen LogP contribution in [0.4, 0.5) is 0 Å². The zero-order valence-electron chi connectivity index (χ0n) is 12.0. The minimum absolute atomic E-state index is 0.143. The second-order valence-corrected chi connectivity index (χ2v) is 5.75. The number of nitrogens with zero attached hydrogens (tertiary/aromatic N) is 1. The highest BCUT2D eigenvalue weighted by molar-refractivity contribution is 5.93. The van der Waals surface area contributed by atoms with Gasteiger partial charge in [-0.05, 0) is 17.5 Å². The molecule has 0 radical (unpaired) electrons. The topological polar surface area (TPSA) is 65.2 Å². The van der Waals surface area contributed by atoms with E-state index >= 15 is 0 Å².